The molecule has 3 aromatic rings. The van der Waals surface area contributed by atoms with E-state index in [2.05, 4.69) is 24.8 Å². The van der Waals surface area contributed by atoms with E-state index < -0.39 is 16.7 Å². The SMILES string of the molecule is CS(=O)(=O)N1CCC(c2ncnc3c2CN(c2ccnc4[nH]ccc24)[C@H](CF)C3)CC1. The minimum Gasteiger partial charge on any atom is -0.360 e. The van der Waals surface area contributed by atoms with Crippen molar-refractivity contribution in [1.29, 1.82) is 0 Å². The normalized spacial score (nSPS) is 20.8. The van der Waals surface area contributed by atoms with Crippen LogP contribution in [0.25, 0.3) is 11.0 Å². The summed E-state index contributed by atoms with van der Waals surface area (Å²) in [5.41, 5.74) is 4.64. The van der Waals surface area contributed by atoms with Gasteiger partial charge in [-0.2, -0.15) is 0 Å². The molecule has 2 aliphatic rings. The zero-order chi connectivity index (χ0) is 21.6. The lowest BCUT2D eigenvalue weighted by molar-refractivity contribution is 0.316. The standard InChI is InChI=1S/C21H25FN6O2S/c1-31(29,30)27-8-4-14(5-9-27)20-17-12-28(15(11-22)10-18(17)25-13-26-20)19-3-7-24-21-16(19)2-6-23-21/h2-3,6-7,13-15H,4-5,8-12H2,1H3,(H,23,24)/t15-/m0/s1. The van der Waals surface area contributed by atoms with E-state index in [-0.39, 0.29) is 12.0 Å². The van der Waals surface area contributed by atoms with Crippen LogP contribution in [0.15, 0.2) is 30.9 Å². The van der Waals surface area contributed by atoms with Gasteiger partial charge in [-0.3, -0.25) is 0 Å². The summed E-state index contributed by atoms with van der Waals surface area (Å²) in [5, 5.41) is 0.962. The summed E-state index contributed by atoms with van der Waals surface area (Å²) < 4.78 is 39.3. The minimum absolute atomic E-state index is 0.170. The van der Waals surface area contributed by atoms with Crippen LogP contribution in [0.3, 0.4) is 0 Å². The molecule has 5 heterocycles. The smallest absolute Gasteiger partial charge is 0.211 e. The quantitative estimate of drug-likeness (QED) is 0.664. The van der Waals surface area contributed by atoms with E-state index in [0.717, 1.165) is 46.5 Å². The Bertz CT molecular complexity index is 1210. The molecular weight excluding hydrogens is 419 g/mol. The largest absolute Gasteiger partial charge is 0.360 e. The van der Waals surface area contributed by atoms with Gasteiger partial charge in [0.25, 0.3) is 0 Å². The number of sulfonamides is 1. The van der Waals surface area contributed by atoms with Gasteiger partial charge in [-0.25, -0.2) is 32.1 Å². The van der Waals surface area contributed by atoms with Crippen LogP contribution in [0.5, 0.6) is 0 Å². The number of rotatable bonds is 4. The van der Waals surface area contributed by atoms with E-state index in [1.165, 1.54) is 10.6 Å². The third-order valence-electron chi connectivity index (χ3n) is 6.50. The van der Waals surface area contributed by atoms with E-state index >= 15 is 0 Å². The maximum absolute atomic E-state index is 14.1. The highest BCUT2D eigenvalue weighted by Gasteiger charge is 2.34. The Hall–Kier alpha value is -2.59. The third kappa shape index (κ3) is 3.67. The van der Waals surface area contributed by atoms with Crippen molar-refractivity contribution in [2.75, 3.05) is 30.9 Å². The molecule has 1 N–H and O–H groups in total. The number of H-pyrrole nitrogens is 1. The van der Waals surface area contributed by atoms with Crippen molar-refractivity contribution in [3.8, 4) is 0 Å². The molecule has 0 unspecified atom stereocenters. The van der Waals surface area contributed by atoms with E-state index in [1.807, 2.05) is 18.3 Å². The third-order valence-corrected chi connectivity index (χ3v) is 7.80. The second kappa shape index (κ2) is 7.83. The highest BCUT2D eigenvalue weighted by atomic mass is 32.2. The topological polar surface area (TPSA) is 95.1 Å². The molecule has 1 atom stereocenters. The molecule has 0 amide bonds. The zero-order valence-corrected chi connectivity index (χ0v) is 18.1. The first-order chi connectivity index (χ1) is 15.0. The van der Waals surface area contributed by atoms with Gasteiger partial charge in [0, 0.05) is 61.0 Å². The molecule has 0 bridgehead atoms. The summed E-state index contributed by atoms with van der Waals surface area (Å²) in [6, 6.07) is 3.59. The number of hydrogen-bond donors (Lipinski definition) is 1. The highest BCUT2D eigenvalue weighted by molar-refractivity contribution is 7.88. The molecule has 2 aliphatic heterocycles. The Morgan fingerprint density at radius 2 is 2.00 bits per heavy atom. The van der Waals surface area contributed by atoms with Crippen molar-refractivity contribution >= 4 is 26.7 Å². The number of piperidine rings is 1. The summed E-state index contributed by atoms with van der Waals surface area (Å²) in [5.74, 6) is 0.170. The number of hydrogen-bond acceptors (Lipinski definition) is 6. The number of fused-ring (bicyclic) bond motifs is 2. The van der Waals surface area contributed by atoms with E-state index in [0.29, 0.717) is 26.1 Å². The lowest BCUT2D eigenvalue weighted by Gasteiger charge is -2.39. The summed E-state index contributed by atoms with van der Waals surface area (Å²) >= 11 is 0. The van der Waals surface area contributed by atoms with Gasteiger partial charge < -0.3 is 9.88 Å². The van der Waals surface area contributed by atoms with Gasteiger partial charge >= 0.3 is 0 Å². The van der Waals surface area contributed by atoms with Crippen molar-refractivity contribution in [1.82, 2.24) is 24.2 Å². The molecule has 0 aromatic carbocycles. The van der Waals surface area contributed by atoms with Crippen LogP contribution in [-0.2, 0) is 23.0 Å². The monoisotopic (exact) mass is 444 g/mol. The molecule has 31 heavy (non-hydrogen) atoms. The Labute approximate surface area is 180 Å². The molecular formula is C21H25FN6O2S. The van der Waals surface area contributed by atoms with E-state index in [1.54, 1.807) is 12.5 Å². The lowest BCUT2D eigenvalue weighted by Crippen LogP contribution is -2.43. The molecule has 1 saturated heterocycles. The Morgan fingerprint density at radius 1 is 1.19 bits per heavy atom. The predicted octanol–water partition coefficient (Wildman–Crippen LogP) is 2.39. The van der Waals surface area contributed by atoms with Crippen LogP contribution >= 0.6 is 0 Å². The molecule has 0 saturated carbocycles. The fraction of sp³-hybridized carbons (Fsp3) is 0.476. The Morgan fingerprint density at radius 3 is 2.74 bits per heavy atom. The zero-order valence-electron chi connectivity index (χ0n) is 17.3. The van der Waals surface area contributed by atoms with Crippen LogP contribution in [0.1, 0.15) is 35.7 Å². The fourth-order valence-electron chi connectivity index (χ4n) is 4.87. The van der Waals surface area contributed by atoms with Gasteiger partial charge in [0.2, 0.25) is 10.0 Å². The van der Waals surface area contributed by atoms with Crippen molar-refractivity contribution < 1.29 is 12.8 Å². The molecule has 3 aromatic heterocycles. The number of anilines is 1. The molecule has 10 heteroatoms. The molecule has 1 fully saturated rings. The van der Waals surface area contributed by atoms with E-state index in [4.69, 9.17) is 0 Å². The summed E-state index contributed by atoms with van der Waals surface area (Å²) in [6.07, 6.45) is 8.36. The van der Waals surface area contributed by atoms with E-state index in [9.17, 15) is 12.8 Å². The average molecular weight is 445 g/mol. The first-order valence-electron chi connectivity index (χ1n) is 10.5. The Balaban J connectivity index is 1.48. The fourth-order valence-corrected chi connectivity index (χ4v) is 5.75. The molecule has 8 nitrogen and oxygen atoms in total. The average Bonchev–Trinajstić information content (AvgIpc) is 3.26. The van der Waals surface area contributed by atoms with Crippen LogP contribution in [0, 0.1) is 0 Å². The number of nitrogens with zero attached hydrogens (tertiary/aromatic N) is 5. The summed E-state index contributed by atoms with van der Waals surface area (Å²) in [4.78, 5) is 18.7. The minimum atomic E-state index is -3.18. The van der Waals surface area contributed by atoms with Crippen LogP contribution in [0.2, 0.25) is 0 Å². The van der Waals surface area contributed by atoms with Crippen LogP contribution in [0.4, 0.5) is 10.1 Å². The number of aromatic nitrogens is 4. The predicted molar refractivity (Wildman–Crippen MR) is 116 cm³/mol. The van der Waals surface area contributed by atoms with Crippen molar-refractivity contribution in [2.45, 2.75) is 37.8 Å². The van der Waals surface area contributed by atoms with Crippen LogP contribution < -0.4 is 4.90 Å². The van der Waals surface area contributed by atoms with Crippen LogP contribution in [-0.4, -0.2) is 64.7 Å². The summed E-state index contributed by atoms with van der Waals surface area (Å²) in [7, 11) is -3.18. The molecule has 5 rings (SSSR count). The second-order valence-corrected chi connectivity index (χ2v) is 10.3. The first kappa shape index (κ1) is 20.3. The number of pyridine rings is 1. The van der Waals surface area contributed by atoms with Gasteiger partial charge in [0.1, 0.15) is 18.6 Å². The maximum Gasteiger partial charge on any atom is 0.211 e. The molecule has 0 spiro atoms. The second-order valence-electron chi connectivity index (χ2n) is 8.33. The molecule has 164 valence electrons. The summed E-state index contributed by atoms with van der Waals surface area (Å²) in [6.45, 7) is 1.04. The van der Waals surface area contributed by atoms with Gasteiger partial charge in [0.05, 0.1) is 23.7 Å². The number of aromatic amines is 1. The Kier molecular flexibility index (Phi) is 5.13. The number of halogens is 1. The van der Waals surface area contributed by atoms with Gasteiger partial charge in [0.15, 0.2) is 0 Å². The van der Waals surface area contributed by atoms with Crippen molar-refractivity contribution in [2.24, 2.45) is 0 Å². The first-order valence-corrected chi connectivity index (χ1v) is 12.3. The van der Waals surface area contributed by atoms with Gasteiger partial charge in [-0.15, -0.1) is 0 Å². The maximum atomic E-state index is 14.1. The highest BCUT2D eigenvalue weighted by Crippen LogP contribution is 2.37. The van der Waals surface area contributed by atoms with Crippen molar-refractivity contribution in [3.05, 3.63) is 47.8 Å². The molecule has 0 aliphatic carbocycles. The van der Waals surface area contributed by atoms with Gasteiger partial charge in [-0.1, -0.05) is 0 Å². The molecule has 0 radical (unpaired) electrons. The van der Waals surface area contributed by atoms with Crippen molar-refractivity contribution in [3.63, 3.8) is 0 Å². The lowest BCUT2D eigenvalue weighted by atomic mass is 9.87. The number of nitrogens with one attached hydrogen (secondary N) is 1. The van der Waals surface area contributed by atoms with Gasteiger partial charge in [-0.05, 0) is 25.0 Å². The number of alkyl halides is 1.